The predicted molar refractivity (Wildman–Crippen MR) is 83.2 cm³/mol. The van der Waals surface area contributed by atoms with E-state index in [0.717, 1.165) is 18.2 Å². The highest BCUT2D eigenvalue weighted by Crippen LogP contribution is 2.22. The Bertz CT molecular complexity index is 582. The maximum Gasteiger partial charge on any atom is 0.408 e. The molecule has 2 amide bonds. The second-order valence-corrected chi connectivity index (χ2v) is 6.31. The highest BCUT2D eigenvalue weighted by molar-refractivity contribution is 5.87. The van der Waals surface area contributed by atoms with Crippen LogP contribution in [0.25, 0.3) is 0 Å². The van der Waals surface area contributed by atoms with E-state index in [2.05, 4.69) is 10.6 Å². The van der Waals surface area contributed by atoms with Crippen molar-refractivity contribution in [2.75, 3.05) is 6.61 Å². The van der Waals surface area contributed by atoms with Crippen LogP contribution in [0.15, 0.2) is 18.2 Å². The highest BCUT2D eigenvalue weighted by atomic mass is 19.1. The largest absolute Gasteiger partial charge is 0.444 e. The molecule has 6 nitrogen and oxygen atoms in total. The number of amides is 2. The van der Waals surface area contributed by atoms with Gasteiger partial charge in [0.25, 0.3) is 0 Å². The van der Waals surface area contributed by atoms with Crippen LogP contribution in [0.3, 0.4) is 0 Å². The topological polar surface area (TPSA) is 87.7 Å². The van der Waals surface area contributed by atoms with Gasteiger partial charge in [-0.15, -0.1) is 0 Å². The van der Waals surface area contributed by atoms with Gasteiger partial charge in [-0.05, 0) is 39.8 Å². The van der Waals surface area contributed by atoms with Gasteiger partial charge in [0.05, 0.1) is 12.2 Å². The van der Waals surface area contributed by atoms with E-state index in [0.29, 0.717) is 0 Å². The monoisotopic (exact) mass is 344 g/mol. The zero-order chi connectivity index (χ0) is 18.5. The Balaban J connectivity index is 3.12. The first-order valence-corrected chi connectivity index (χ1v) is 7.40. The third kappa shape index (κ3) is 5.77. The van der Waals surface area contributed by atoms with Crippen LogP contribution < -0.4 is 10.6 Å². The first-order chi connectivity index (χ1) is 11.0. The summed E-state index contributed by atoms with van der Waals surface area (Å²) in [5.41, 5.74) is -1.46. The first-order valence-electron chi connectivity index (χ1n) is 7.40. The van der Waals surface area contributed by atoms with Gasteiger partial charge < -0.3 is 20.5 Å². The Kier molecular flexibility index (Phi) is 6.65. The van der Waals surface area contributed by atoms with Crippen molar-refractivity contribution in [1.82, 2.24) is 10.6 Å². The number of halogens is 2. The van der Waals surface area contributed by atoms with Gasteiger partial charge in [0.1, 0.15) is 23.3 Å². The van der Waals surface area contributed by atoms with Crippen molar-refractivity contribution < 1.29 is 28.2 Å². The summed E-state index contributed by atoms with van der Waals surface area (Å²) in [6, 6.07) is 0.799. The molecule has 1 rings (SSSR count). The van der Waals surface area contributed by atoms with Gasteiger partial charge in [-0.3, -0.25) is 4.79 Å². The van der Waals surface area contributed by atoms with Gasteiger partial charge in [-0.2, -0.15) is 0 Å². The third-order valence-electron chi connectivity index (χ3n) is 2.87. The Morgan fingerprint density at radius 3 is 2.21 bits per heavy atom. The normalized spacial score (nSPS) is 13.8. The van der Waals surface area contributed by atoms with Gasteiger partial charge in [0, 0.05) is 6.04 Å². The lowest BCUT2D eigenvalue weighted by Crippen LogP contribution is -2.46. The minimum absolute atomic E-state index is 0.370. The molecule has 3 N–H and O–H groups in total. The number of aliphatic hydroxyl groups excluding tert-OH is 1. The van der Waals surface area contributed by atoms with Crippen LogP contribution in [0.5, 0.6) is 0 Å². The molecule has 0 aliphatic heterocycles. The number of hydrogen-bond acceptors (Lipinski definition) is 4. The SMILES string of the molecule is C[C@@H](CO)NC(=O)[C@@H](NC(=O)OC(C)(C)C)c1c(F)cccc1F. The summed E-state index contributed by atoms with van der Waals surface area (Å²) in [5.74, 6) is -2.84. The molecule has 134 valence electrons. The van der Waals surface area contributed by atoms with E-state index >= 15 is 0 Å². The van der Waals surface area contributed by atoms with E-state index in [-0.39, 0.29) is 6.61 Å². The average molecular weight is 344 g/mol. The number of carbonyl (C=O) groups is 2. The molecule has 0 spiro atoms. The average Bonchev–Trinajstić information content (AvgIpc) is 2.43. The Hall–Kier alpha value is -2.22. The molecule has 1 aromatic carbocycles. The summed E-state index contributed by atoms with van der Waals surface area (Å²) < 4.78 is 33.0. The van der Waals surface area contributed by atoms with Crippen molar-refractivity contribution in [3.8, 4) is 0 Å². The summed E-state index contributed by atoms with van der Waals surface area (Å²) in [6.07, 6.45) is -0.998. The minimum Gasteiger partial charge on any atom is -0.444 e. The summed E-state index contributed by atoms with van der Waals surface area (Å²) in [4.78, 5) is 24.2. The third-order valence-corrected chi connectivity index (χ3v) is 2.87. The van der Waals surface area contributed by atoms with Crippen LogP contribution in [-0.4, -0.2) is 35.4 Å². The number of aliphatic hydroxyl groups is 1. The molecule has 0 bridgehead atoms. The molecule has 0 aliphatic rings. The molecule has 8 heteroatoms. The lowest BCUT2D eigenvalue weighted by atomic mass is 10.0. The highest BCUT2D eigenvalue weighted by Gasteiger charge is 2.31. The minimum atomic E-state index is -1.64. The standard InChI is InChI=1S/C16H22F2N2O4/c1-9(8-21)19-14(22)13(20-15(23)24-16(2,3)4)12-10(17)6-5-7-11(12)18/h5-7,9,13,21H,8H2,1-4H3,(H,19,22)(H,20,23)/t9-,13-/m0/s1. The van der Waals surface area contributed by atoms with Crippen LogP contribution in [0.1, 0.15) is 39.3 Å². The van der Waals surface area contributed by atoms with E-state index < -0.39 is 46.9 Å². The molecule has 24 heavy (non-hydrogen) atoms. The summed E-state index contributed by atoms with van der Waals surface area (Å²) in [7, 11) is 0. The van der Waals surface area contributed by atoms with Crippen LogP contribution in [0.2, 0.25) is 0 Å². The molecule has 1 aromatic rings. The predicted octanol–water partition coefficient (Wildman–Crippen LogP) is 2.03. The summed E-state index contributed by atoms with van der Waals surface area (Å²) in [5, 5.41) is 13.5. The number of hydrogen-bond donors (Lipinski definition) is 3. The summed E-state index contributed by atoms with van der Waals surface area (Å²) in [6.45, 7) is 5.96. The van der Waals surface area contributed by atoms with Crippen LogP contribution in [0, 0.1) is 11.6 Å². The van der Waals surface area contributed by atoms with Gasteiger partial charge >= 0.3 is 6.09 Å². The zero-order valence-corrected chi connectivity index (χ0v) is 14.0. The Morgan fingerprint density at radius 1 is 1.21 bits per heavy atom. The maximum absolute atomic E-state index is 14.0. The Labute approximate surface area is 139 Å². The molecule has 0 radical (unpaired) electrons. The number of alkyl carbamates (subject to hydrolysis) is 1. The maximum atomic E-state index is 14.0. The second kappa shape index (κ2) is 8.05. The Morgan fingerprint density at radius 2 is 1.75 bits per heavy atom. The van der Waals surface area contributed by atoms with E-state index in [4.69, 9.17) is 9.84 Å². The van der Waals surface area contributed by atoms with E-state index in [1.165, 1.54) is 6.92 Å². The number of ether oxygens (including phenoxy) is 1. The molecular weight excluding hydrogens is 322 g/mol. The van der Waals surface area contributed by atoms with Crippen molar-refractivity contribution >= 4 is 12.0 Å². The fourth-order valence-electron chi connectivity index (χ4n) is 1.85. The zero-order valence-electron chi connectivity index (χ0n) is 14.0. The van der Waals surface area contributed by atoms with Crippen LogP contribution in [0.4, 0.5) is 13.6 Å². The number of rotatable bonds is 5. The van der Waals surface area contributed by atoms with Gasteiger partial charge in [0.2, 0.25) is 5.91 Å². The molecule has 0 heterocycles. The number of nitrogens with one attached hydrogen (secondary N) is 2. The fraction of sp³-hybridized carbons (Fsp3) is 0.500. The van der Waals surface area contributed by atoms with E-state index in [1.54, 1.807) is 20.8 Å². The second-order valence-electron chi connectivity index (χ2n) is 6.31. The van der Waals surface area contributed by atoms with Crippen LogP contribution >= 0.6 is 0 Å². The number of benzene rings is 1. The van der Waals surface area contributed by atoms with Crippen molar-refractivity contribution in [3.05, 3.63) is 35.4 Å². The smallest absolute Gasteiger partial charge is 0.408 e. The molecule has 0 saturated heterocycles. The van der Waals surface area contributed by atoms with E-state index in [9.17, 15) is 18.4 Å². The van der Waals surface area contributed by atoms with E-state index in [1.807, 2.05) is 0 Å². The molecule has 2 atom stereocenters. The van der Waals surface area contributed by atoms with Gasteiger partial charge in [0.15, 0.2) is 0 Å². The summed E-state index contributed by atoms with van der Waals surface area (Å²) >= 11 is 0. The van der Waals surface area contributed by atoms with Gasteiger partial charge in [-0.1, -0.05) is 6.07 Å². The van der Waals surface area contributed by atoms with Crippen molar-refractivity contribution in [3.63, 3.8) is 0 Å². The van der Waals surface area contributed by atoms with Crippen molar-refractivity contribution in [2.45, 2.75) is 45.4 Å². The fourth-order valence-corrected chi connectivity index (χ4v) is 1.85. The van der Waals surface area contributed by atoms with Crippen molar-refractivity contribution in [2.24, 2.45) is 0 Å². The van der Waals surface area contributed by atoms with Gasteiger partial charge in [-0.25, -0.2) is 13.6 Å². The van der Waals surface area contributed by atoms with Crippen molar-refractivity contribution in [1.29, 1.82) is 0 Å². The molecule has 0 saturated carbocycles. The molecule has 0 fully saturated rings. The molecular formula is C16H22F2N2O4. The lowest BCUT2D eigenvalue weighted by Gasteiger charge is -2.24. The lowest BCUT2D eigenvalue weighted by molar-refractivity contribution is -0.124. The number of carbonyl (C=O) groups excluding carboxylic acids is 2. The molecule has 0 unspecified atom stereocenters. The quantitative estimate of drug-likeness (QED) is 0.763. The first kappa shape index (κ1) is 19.8. The molecule has 0 aromatic heterocycles. The van der Waals surface area contributed by atoms with Crippen LogP contribution in [-0.2, 0) is 9.53 Å². The molecule has 0 aliphatic carbocycles.